The molecule has 0 saturated carbocycles. The highest BCUT2D eigenvalue weighted by Crippen LogP contribution is 2.27. The molecule has 0 atom stereocenters. The summed E-state index contributed by atoms with van der Waals surface area (Å²) < 4.78 is 4.10. The highest BCUT2D eigenvalue weighted by atomic mass is 35.5. The van der Waals surface area contributed by atoms with Gasteiger partial charge in [-0.3, -0.25) is 0 Å². The molecule has 14 heavy (non-hydrogen) atoms. The number of methoxy groups -OCH3 is 1. The summed E-state index contributed by atoms with van der Waals surface area (Å²) in [5, 5.41) is 8.61. The predicted molar refractivity (Wildman–Crippen MR) is 57.6 cm³/mol. The van der Waals surface area contributed by atoms with Gasteiger partial charge in [0, 0.05) is 12.1 Å². The lowest BCUT2D eigenvalue weighted by molar-refractivity contribution is 0.0325. The molecule has 0 bridgehead atoms. The summed E-state index contributed by atoms with van der Waals surface area (Å²) in [6.07, 6.45) is 3.67. The largest absolute Gasteiger partial charge is 0.371 e. The van der Waals surface area contributed by atoms with Crippen molar-refractivity contribution in [2.45, 2.75) is 19.3 Å². The van der Waals surface area contributed by atoms with Crippen LogP contribution in [0.1, 0.15) is 17.5 Å². The summed E-state index contributed by atoms with van der Waals surface area (Å²) in [6, 6.07) is 6.19. The van der Waals surface area contributed by atoms with Crippen LogP contribution in [0.5, 0.6) is 0 Å². The van der Waals surface area contributed by atoms with Crippen LogP contribution in [0.4, 0.5) is 0 Å². The maximum Gasteiger partial charge on any atom is 0.143 e. The minimum Gasteiger partial charge on any atom is -0.371 e. The Kier molecular flexibility index (Phi) is 4.94. The second kappa shape index (κ2) is 6.02. The van der Waals surface area contributed by atoms with Crippen LogP contribution in [0.3, 0.4) is 0 Å². The van der Waals surface area contributed by atoms with Crippen molar-refractivity contribution in [2.24, 2.45) is 0 Å². The molecule has 0 amide bonds. The molecule has 0 spiro atoms. The molecule has 0 heterocycles. The lowest BCUT2D eigenvalue weighted by Gasteiger charge is -1.98. The van der Waals surface area contributed by atoms with Crippen molar-refractivity contribution in [3.63, 3.8) is 0 Å². The molecule has 0 radical (unpaired) electrons. The van der Waals surface area contributed by atoms with Gasteiger partial charge < -0.3 is 9.84 Å². The summed E-state index contributed by atoms with van der Waals surface area (Å²) in [5.74, 6) is 0. The fourth-order valence-corrected chi connectivity index (χ4v) is 1.86. The molecule has 0 saturated heterocycles. The normalized spacial score (nSPS) is 13.1. The number of hydrogen-bond acceptors (Lipinski definition) is 2. The highest BCUT2D eigenvalue weighted by molar-refractivity contribution is 6.31. The van der Waals surface area contributed by atoms with Crippen LogP contribution in [0, 0.1) is 0 Å². The molecule has 0 fully saturated rings. The van der Waals surface area contributed by atoms with Crippen LogP contribution in [0.2, 0.25) is 5.02 Å². The first kappa shape index (κ1) is 11.5. The van der Waals surface area contributed by atoms with E-state index in [0.29, 0.717) is 0 Å². The van der Waals surface area contributed by atoms with E-state index in [-0.39, 0.29) is 6.79 Å². The van der Waals surface area contributed by atoms with Gasteiger partial charge in [0.15, 0.2) is 0 Å². The Morgan fingerprint density at radius 2 is 2.14 bits per heavy atom. The van der Waals surface area contributed by atoms with E-state index in [1.807, 2.05) is 12.1 Å². The van der Waals surface area contributed by atoms with Crippen LogP contribution in [-0.4, -0.2) is 19.0 Å². The van der Waals surface area contributed by atoms with E-state index < -0.39 is 0 Å². The Bertz CT molecular complexity index is 285. The molecule has 78 valence electrons. The van der Waals surface area contributed by atoms with Crippen molar-refractivity contribution in [1.82, 2.24) is 0 Å². The van der Waals surface area contributed by atoms with Crippen LogP contribution in [0.15, 0.2) is 18.2 Å². The highest BCUT2D eigenvalue weighted by Gasteiger charge is 2.11. The van der Waals surface area contributed by atoms with Gasteiger partial charge in [-0.1, -0.05) is 23.7 Å². The number of aliphatic hydroxyl groups is 1. The van der Waals surface area contributed by atoms with E-state index >= 15 is 0 Å². The number of fused-ring (bicyclic) bond motifs is 1. The smallest absolute Gasteiger partial charge is 0.143 e. The number of aliphatic hydroxyl groups excluding tert-OH is 1. The Morgan fingerprint density at radius 3 is 2.71 bits per heavy atom. The zero-order valence-corrected chi connectivity index (χ0v) is 9.05. The van der Waals surface area contributed by atoms with E-state index in [1.165, 1.54) is 37.5 Å². The molecule has 0 aliphatic heterocycles. The van der Waals surface area contributed by atoms with Gasteiger partial charge in [-0.25, -0.2) is 0 Å². The summed E-state index contributed by atoms with van der Waals surface area (Å²) in [4.78, 5) is 0. The average molecular weight is 215 g/mol. The van der Waals surface area contributed by atoms with Crippen LogP contribution in [0.25, 0.3) is 0 Å². The molecular formula is C11H15ClO2. The molecule has 1 aliphatic carbocycles. The number of halogens is 1. The van der Waals surface area contributed by atoms with Crippen molar-refractivity contribution in [1.29, 1.82) is 0 Å². The zero-order valence-electron chi connectivity index (χ0n) is 8.29. The fraction of sp³-hybridized carbons (Fsp3) is 0.455. The van der Waals surface area contributed by atoms with Crippen molar-refractivity contribution >= 4 is 11.6 Å². The van der Waals surface area contributed by atoms with E-state index in [4.69, 9.17) is 16.7 Å². The van der Waals surface area contributed by atoms with Gasteiger partial charge in [0.2, 0.25) is 0 Å². The summed E-state index contributed by atoms with van der Waals surface area (Å²) in [5.41, 5.74) is 2.83. The van der Waals surface area contributed by atoms with Crippen LogP contribution in [-0.2, 0) is 17.6 Å². The molecule has 3 heteroatoms. The first-order chi connectivity index (χ1) is 6.79. The summed E-state index contributed by atoms with van der Waals surface area (Å²) in [6.45, 7) is -0.181. The van der Waals surface area contributed by atoms with E-state index in [0.717, 1.165) is 5.02 Å². The van der Waals surface area contributed by atoms with E-state index in [1.54, 1.807) is 0 Å². The predicted octanol–water partition coefficient (Wildman–Crippen LogP) is 2.41. The van der Waals surface area contributed by atoms with Crippen molar-refractivity contribution in [3.8, 4) is 0 Å². The first-order valence-corrected chi connectivity index (χ1v) is 5.03. The van der Waals surface area contributed by atoms with Gasteiger partial charge in [0.1, 0.15) is 6.79 Å². The van der Waals surface area contributed by atoms with E-state index in [9.17, 15) is 0 Å². The van der Waals surface area contributed by atoms with Crippen molar-refractivity contribution in [3.05, 3.63) is 34.3 Å². The number of ether oxygens (including phenoxy) is 1. The SMILES string of the molecule is COCO.Clc1cccc2c1CCC2. The van der Waals surface area contributed by atoms with Gasteiger partial charge in [-0.2, -0.15) is 0 Å². The number of hydrogen-bond donors (Lipinski definition) is 1. The van der Waals surface area contributed by atoms with Gasteiger partial charge in [0.25, 0.3) is 0 Å². The molecule has 1 aromatic rings. The zero-order chi connectivity index (χ0) is 10.4. The Morgan fingerprint density at radius 1 is 1.43 bits per heavy atom. The Hall–Kier alpha value is -0.570. The second-order valence-electron chi connectivity index (χ2n) is 3.15. The molecule has 2 rings (SSSR count). The third-order valence-corrected chi connectivity index (χ3v) is 2.57. The molecule has 1 aliphatic rings. The molecule has 1 aromatic carbocycles. The first-order valence-electron chi connectivity index (χ1n) is 4.65. The number of aryl methyl sites for hydroxylation is 1. The minimum atomic E-state index is -0.181. The monoisotopic (exact) mass is 214 g/mol. The second-order valence-corrected chi connectivity index (χ2v) is 3.56. The van der Waals surface area contributed by atoms with Gasteiger partial charge in [0.05, 0.1) is 0 Å². The van der Waals surface area contributed by atoms with Crippen molar-refractivity contribution in [2.75, 3.05) is 13.9 Å². The molecule has 1 N–H and O–H groups in total. The third-order valence-electron chi connectivity index (χ3n) is 2.22. The maximum atomic E-state index is 7.65. The van der Waals surface area contributed by atoms with Crippen LogP contribution >= 0.6 is 11.6 Å². The lowest BCUT2D eigenvalue weighted by atomic mass is 10.1. The minimum absolute atomic E-state index is 0.181. The van der Waals surface area contributed by atoms with Gasteiger partial charge >= 0.3 is 0 Å². The lowest BCUT2D eigenvalue weighted by Crippen LogP contribution is -1.80. The Labute approximate surface area is 89.5 Å². The van der Waals surface area contributed by atoms with Crippen molar-refractivity contribution < 1.29 is 9.84 Å². The van der Waals surface area contributed by atoms with Gasteiger partial charge in [-0.15, -0.1) is 0 Å². The fourth-order valence-electron chi connectivity index (χ4n) is 1.57. The Balaban J connectivity index is 0.000000213. The number of rotatable bonds is 1. The van der Waals surface area contributed by atoms with E-state index in [2.05, 4.69) is 10.8 Å². The number of benzene rings is 1. The molecule has 0 unspecified atom stereocenters. The third kappa shape index (κ3) is 2.98. The standard InChI is InChI=1S/C9H9Cl.C2H6O2/c10-9-6-2-4-7-3-1-5-8(7)9;1-4-2-3/h2,4,6H,1,3,5H2;3H,2H2,1H3. The van der Waals surface area contributed by atoms with Crippen LogP contribution < -0.4 is 0 Å². The average Bonchev–Trinajstić information content (AvgIpc) is 2.68. The molecular weight excluding hydrogens is 200 g/mol. The summed E-state index contributed by atoms with van der Waals surface area (Å²) >= 11 is 5.97. The maximum absolute atomic E-state index is 7.65. The van der Waals surface area contributed by atoms with Gasteiger partial charge in [-0.05, 0) is 36.5 Å². The molecule has 0 aromatic heterocycles. The quantitative estimate of drug-likeness (QED) is 0.728. The summed E-state index contributed by atoms with van der Waals surface area (Å²) in [7, 11) is 1.43. The molecule has 2 nitrogen and oxygen atoms in total. The topological polar surface area (TPSA) is 29.5 Å².